The number of benzene rings is 3. The normalized spacial score (nSPS) is 12.0. The van der Waals surface area contributed by atoms with Crippen molar-refractivity contribution in [2.24, 2.45) is 0 Å². The van der Waals surface area contributed by atoms with Crippen molar-refractivity contribution in [3.8, 4) is 0 Å². The molecule has 0 aliphatic heterocycles. The van der Waals surface area contributed by atoms with E-state index in [-0.39, 0.29) is 24.4 Å². The molecule has 1 N–H and O–H groups in total. The lowest BCUT2D eigenvalue weighted by atomic mass is 10.0. The number of nitrogens with zero attached hydrogens (tertiary/aromatic N) is 2. The maximum absolute atomic E-state index is 14.7. The summed E-state index contributed by atoms with van der Waals surface area (Å²) >= 11 is 0. The van der Waals surface area contributed by atoms with Gasteiger partial charge in [0.05, 0.1) is 11.9 Å². The van der Waals surface area contributed by atoms with Crippen LogP contribution in [-0.4, -0.2) is 50.5 Å². The van der Waals surface area contributed by atoms with Crippen LogP contribution in [0.15, 0.2) is 78.9 Å². The number of hydrogen-bond donors (Lipinski definition) is 1. The third-order valence-corrected chi connectivity index (χ3v) is 7.26. The molecule has 0 heterocycles. The lowest BCUT2D eigenvalue weighted by Gasteiger charge is -2.33. The Balaban J connectivity index is 2.04. The van der Waals surface area contributed by atoms with E-state index < -0.39 is 34.3 Å². The molecule has 3 aromatic rings. The molecule has 1 unspecified atom stereocenters. The van der Waals surface area contributed by atoms with Crippen molar-refractivity contribution in [1.29, 1.82) is 0 Å². The van der Waals surface area contributed by atoms with E-state index in [1.54, 1.807) is 42.5 Å². The number of rotatable bonds is 12. The largest absolute Gasteiger partial charge is 0.354 e. The second-order valence-corrected chi connectivity index (χ2v) is 11.1. The van der Waals surface area contributed by atoms with Crippen LogP contribution < -0.4 is 9.62 Å². The standard InChI is InChI=1S/C29H34FN3O4S/c1-4-18-31-29(35)27(19-23-10-6-5-7-11-23)32(20-24-12-8-9-13-26(24)30)28(34)21-33(38(3,36)37)25-16-14-22(2)15-17-25/h5-17,27H,4,18-21H2,1-3H3,(H,31,35). The van der Waals surface area contributed by atoms with Gasteiger partial charge in [-0.1, -0.05) is 73.2 Å². The molecule has 2 amide bonds. The van der Waals surface area contributed by atoms with Gasteiger partial charge in [-0.15, -0.1) is 0 Å². The number of amides is 2. The molecule has 3 aromatic carbocycles. The van der Waals surface area contributed by atoms with Gasteiger partial charge >= 0.3 is 0 Å². The Morgan fingerprint density at radius 2 is 1.58 bits per heavy atom. The van der Waals surface area contributed by atoms with E-state index in [1.165, 1.54) is 11.0 Å². The van der Waals surface area contributed by atoms with E-state index >= 15 is 0 Å². The molecule has 202 valence electrons. The smallest absolute Gasteiger partial charge is 0.244 e. The van der Waals surface area contributed by atoms with Crippen LogP contribution >= 0.6 is 0 Å². The highest BCUT2D eigenvalue weighted by Crippen LogP contribution is 2.21. The predicted molar refractivity (Wildman–Crippen MR) is 148 cm³/mol. The van der Waals surface area contributed by atoms with Crippen molar-refractivity contribution in [2.75, 3.05) is 23.7 Å². The van der Waals surface area contributed by atoms with Gasteiger partial charge in [0.15, 0.2) is 0 Å². The molecular formula is C29H34FN3O4S. The van der Waals surface area contributed by atoms with Crippen molar-refractivity contribution in [2.45, 2.75) is 39.3 Å². The number of carbonyl (C=O) groups excluding carboxylic acids is 2. The number of halogens is 1. The molecule has 38 heavy (non-hydrogen) atoms. The van der Waals surface area contributed by atoms with Gasteiger partial charge in [0.1, 0.15) is 18.4 Å². The molecule has 9 heteroatoms. The summed E-state index contributed by atoms with van der Waals surface area (Å²) in [6.07, 6.45) is 1.90. The van der Waals surface area contributed by atoms with Crippen LogP contribution in [0.4, 0.5) is 10.1 Å². The van der Waals surface area contributed by atoms with Crippen molar-refractivity contribution in [3.63, 3.8) is 0 Å². The van der Waals surface area contributed by atoms with Gasteiger partial charge in [-0.25, -0.2) is 12.8 Å². The monoisotopic (exact) mass is 539 g/mol. The predicted octanol–water partition coefficient (Wildman–Crippen LogP) is 4.07. The Bertz CT molecular complexity index is 1330. The molecule has 0 aliphatic rings. The number of hydrogen-bond acceptors (Lipinski definition) is 4. The topological polar surface area (TPSA) is 86.8 Å². The van der Waals surface area contributed by atoms with Crippen LogP contribution in [0.1, 0.15) is 30.0 Å². The van der Waals surface area contributed by atoms with E-state index in [9.17, 15) is 22.4 Å². The van der Waals surface area contributed by atoms with Gasteiger partial charge in [-0.3, -0.25) is 13.9 Å². The van der Waals surface area contributed by atoms with Crippen LogP contribution in [0.3, 0.4) is 0 Å². The lowest BCUT2D eigenvalue weighted by molar-refractivity contribution is -0.140. The molecule has 7 nitrogen and oxygen atoms in total. The minimum absolute atomic E-state index is 0.181. The third kappa shape index (κ3) is 7.89. The minimum Gasteiger partial charge on any atom is -0.354 e. The summed E-state index contributed by atoms with van der Waals surface area (Å²) in [5.41, 5.74) is 2.30. The SMILES string of the molecule is CCCNC(=O)C(Cc1ccccc1)N(Cc1ccccc1F)C(=O)CN(c1ccc(C)cc1)S(C)(=O)=O. The highest BCUT2D eigenvalue weighted by atomic mass is 32.2. The average Bonchev–Trinajstić information content (AvgIpc) is 2.89. The second-order valence-electron chi connectivity index (χ2n) is 9.21. The zero-order valence-corrected chi connectivity index (χ0v) is 22.7. The molecule has 0 saturated carbocycles. The van der Waals surface area contributed by atoms with Gasteiger partial charge in [0.2, 0.25) is 21.8 Å². The van der Waals surface area contributed by atoms with Crippen LogP contribution in [0.25, 0.3) is 0 Å². The second kappa shape index (κ2) is 13.2. The molecule has 1 atom stereocenters. The molecule has 0 aliphatic carbocycles. The number of nitrogens with one attached hydrogen (secondary N) is 1. The number of carbonyl (C=O) groups is 2. The van der Waals surface area contributed by atoms with Crippen LogP contribution in [0.5, 0.6) is 0 Å². The molecule has 0 saturated heterocycles. The van der Waals surface area contributed by atoms with Crippen molar-refractivity contribution < 1.29 is 22.4 Å². The van der Waals surface area contributed by atoms with Gasteiger partial charge in [0, 0.05) is 25.1 Å². The molecule has 3 rings (SSSR count). The first-order valence-corrected chi connectivity index (χ1v) is 14.3. The first-order chi connectivity index (χ1) is 18.1. The van der Waals surface area contributed by atoms with Crippen molar-refractivity contribution >= 4 is 27.5 Å². The maximum atomic E-state index is 14.7. The number of sulfonamides is 1. The summed E-state index contributed by atoms with van der Waals surface area (Å²) in [6.45, 7) is 3.46. The Morgan fingerprint density at radius 1 is 0.947 bits per heavy atom. The van der Waals surface area contributed by atoms with E-state index in [0.29, 0.717) is 18.7 Å². The summed E-state index contributed by atoms with van der Waals surface area (Å²) in [5, 5.41) is 2.85. The summed E-state index contributed by atoms with van der Waals surface area (Å²) in [6, 6.07) is 21.0. The number of anilines is 1. The van der Waals surface area contributed by atoms with E-state index in [2.05, 4.69) is 5.32 Å². The zero-order valence-electron chi connectivity index (χ0n) is 21.9. The Labute approximate surface area is 224 Å². The quantitative estimate of drug-likeness (QED) is 0.376. The van der Waals surface area contributed by atoms with Crippen molar-refractivity contribution in [1.82, 2.24) is 10.2 Å². The van der Waals surface area contributed by atoms with Gasteiger partial charge < -0.3 is 10.2 Å². The maximum Gasteiger partial charge on any atom is 0.244 e. The molecule has 0 aromatic heterocycles. The molecule has 0 fully saturated rings. The third-order valence-electron chi connectivity index (χ3n) is 6.12. The summed E-state index contributed by atoms with van der Waals surface area (Å²) in [4.78, 5) is 28.6. The Kier molecular flexibility index (Phi) is 10.0. The van der Waals surface area contributed by atoms with Gasteiger partial charge in [-0.05, 0) is 37.1 Å². The van der Waals surface area contributed by atoms with Crippen LogP contribution in [0, 0.1) is 12.7 Å². The van der Waals surface area contributed by atoms with E-state index in [0.717, 1.165) is 21.7 Å². The number of aryl methyl sites for hydroxylation is 1. The summed E-state index contributed by atoms with van der Waals surface area (Å²) in [7, 11) is -3.85. The summed E-state index contributed by atoms with van der Waals surface area (Å²) in [5.74, 6) is -1.52. The fourth-order valence-corrected chi connectivity index (χ4v) is 4.90. The fourth-order valence-electron chi connectivity index (χ4n) is 4.05. The van der Waals surface area contributed by atoms with Crippen molar-refractivity contribution in [3.05, 3.63) is 101 Å². The first-order valence-electron chi connectivity index (χ1n) is 12.5. The van der Waals surface area contributed by atoms with E-state index in [4.69, 9.17) is 0 Å². The highest BCUT2D eigenvalue weighted by Gasteiger charge is 2.33. The van der Waals surface area contributed by atoms with Crippen LogP contribution in [0.2, 0.25) is 0 Å². The molecule has 0 radical (unpaired) electrons. The molecule has 0 bridgehead atoms. The zero-order chi connectivity index (χ0) is 27.7. The molecule has 0 spiro atoms. The van der Waals surface area contributed by atoms with E-state index in [1.807, 2.05) is 44.2 Å². The first kappa shape index (κ1) is 28.8. The Hall–Kier alpha value is -3.72. The fraction of sp³-hybridized carbons (Fsp3) is 0.310. The minimum atomic E-state index is -3.85. The Morgan fingerprint density at radius 3 is 2.18 bits per heavy atom. The lowest BCUT2D eigenvalue weighted by Crippen LogP contribution is -2.53. The van der Waals surface area contributed by atoms with Gasteiger partial charge in [-0.2, -0.15) is 0 Å². The van der Waals surface area contributed by atoms with Gasteiger partial charge in [0.25, 0.3) is 0 Å². The molecular weight excluding hydrogens is 505 g/mol. The van der Waals surface area contributed by atoms with Crippen LogP contribution in [-0.2, 0) is 32.6 Å². The average molecular weight is 540 g/mol. The highest BCUT2D eigenvalue weighted by molar-refractivity contribution is 7.92. The summed E-state index contributed by atoms with van der Waals surface area (Å²) < 4.78 is 41.2.